The Morgan fingerprint density at radius 2 is 2.05 bits per heavy atom. The van der Waals surface area contributed by atoms with Gasteiger partial charge in [-0.15, -0.1) is 0 Å². The average Bonchev–Trinajstić information content (AvgIpc) is 2.45. The van der Waals surface area contributed by atoms with Crippen molar-refractivity contribution in [3.8, 4) is 0 Å². The van der Waals surface area contributed by atoms with Crippen molar-refractivity contribution in [1.82, 2.24) is 10.2 Å². The molecular weight excluding hydrogens is 238 g/mol. The van der Waals surface area contributed by atoms with Crippen molar-refractivity contribution in [2.24, 2.45) is 5.73 Å². The molecule has 120 valence electrons. The Labute approximate surface area is 123 Å². The van der Waals surface area contributed by atoms with Crippen LogP contribution in [-0.2, 0) is 4.74 Å². The molecule has 0 aliphatic carbocycles. The lowest BCUT2D eigenvalue weighted by Gasteiger charge is -2.34. The van der Waals surface area contributed by atoms with Gasteiger partial charge < -0.3 is 15.8 Å². The van der Waals surface area contributed by atoms with Crippen molar-refractivity contribution >= 4 is 0 Å². The molecule has 1 aliphatic heterocycles. The first-order valence-corrected chi connectivity index (χ1v) is 7.99. The largest absolute Gasteiger partial charge is 0.379 e. The fraction of sp³-hybridized carbons (Fsp3) is 1.00. The van der Waals surface area contributed by atoms with Crippen molar-refractivity contribution in [1.29, 1.82) is 0 Å². The van der Waals surface area contributed by atoms with Gasteiger partial charge in [-0.05, 0) is 19.4 Å². The van der Waals surface area contributed by atoms with Crippen LogP contribution in [0.25, 0.3) is 0 Å². The molecular formula is C15H39N3O. The van der Waals surface area contributed by atoms with Crippen LogP contribution in [0.1, 0.15) is 49.8 Å². The van der Waals surface area contributed by atoms with Crippen LogP contribution in [0.2, 0.25) is 0 Å². The Morgan fingerprint density at radius 1 is 1.32 bits per heavy atom. The summed E-state index contributed by atoms with van der Waals surface area (Å²) in [7, 11) is 0. The van der Waals surface area contributed by atoms with Gasteiger partial charge in [-0.3, -0.25) is 4.90 Å². The topological polar surface area (TPSA) is 50.5 Å². The molecule has 4 heteroatoms. The molecule has 1 unspecified atom stereocenters. The Kier molecular flexibility index (Phi) is 12.7. The summed E-state index contributed by atoms with van der Waals surface area (Å²) in [5.74, 6) is 0. The molecule has 19 heavy (non-hydrogen) atoms. The fourth-order valence-electron chi connectivity index (χ4n) is 2.32. The molecule has 0 aromatic heterocycles. The second kappa shape index (κ2) is 12.9. The van der Waals surface area contributed by atoms with Crippen LogP contribution in [0.5, 0.6) is 0 Å². The van der Waals surface area contributed by atoms with Crippen LogP contribution >= 0.6 is 0 Å². The van der Waals surface area contributed by atoms with Gasteiger partial charge in [0.05, 0.1) is 13.2 Å². The SMILES string of the molecule is CC.CC(C)NCCOCCN1CCCCC1CN.[HH].[HH]. The first-order valence-electron chi connectivity index (χ1n) is 7.99. The summed E-state index contributed by atoms with van der Waals surface area (Å²) >= 11 is 0. The predicted molar refractivity (Wildman–Crippen MR) is 87.8 cm³/mol. The molecule has 1 heterocycles. The monoisotopic (exact) mass is 277 g/mol. The summed E-state index contributed by atoms with van der Waals surface area (Å²) in [6, 6.07) is 1.13. The van der Waals surface area contributed by atoms with Crippen molar-refractivity contribution in [3.05, 3.63) is 0 Å². The van der Waals surface area contributed by atoms with E-state index < -0.39 is 0 Å². The van der Waals surface area contributed by atoms with Gasteiger partial charge in [-0.1, -0.05) is 34.1 Å². The number of nitrogens with zero attached hydrogens (tertiary/aromatic N) is 1. The Balaban J connectivity index is -0.000000774. The summed E-state index contributed by atoms with van der Waals surface area (Å²) in [6.07, 6.45) is 3.90. The highest BCUT2D eigenvalue weighted by atomic mass is 16.5. The van der Waals surface area contributed by atoms with Gasteiger partial charge in [0.2, 0.25) is 0 Å². The lowest BCUT2D eigenvalue weighted by atomic mass is 10.0. The second-order valence-electron chi connectivity index (χ2n) is 5.14. The van der Waals surface area contributed by atoms with E-state index in [1.54, 1.807) is 0 Å². The molecule has 1 rings (SSSR count). The van der Waals surface area contributed by atoms with E-state index in [1.165, 1.54) is 25.8 Å². The van der Waals surface area contributed by atoms with Crippen LogP contribution < -0.4 is 11.1 Å². The van der Waals surface area contributed by atoms with Gasteiger partial charge in [0, 0.05) is 34.6 Å². The normalized spacial score (nSPS) is 20.2. The minimum Gasteiger partial charge on any atom is -0.379 e. The molecule has 3 N–H and O–H groups in total. The number of likely N-dealkylation sites (tertiary alicyclic amines) is 1. The molecule has 1 saturated heterocycles. The summed E-state index contributed by atoms with van der Waals surface area (Å²) in [4.78, 5) is 2.49. The molecule has 0 bridgehead atoms. The van der Waals surface area contributed by atoms with E-state index in [-0.39, 0.29) is 2.85 Å². The lowest BCUT2D eigenvalue weighted by molar-refractivity contribution is 0.0745. The third-order valence-corrected chi connectivity index (χ3v) is 3.34. The molecule has 0 aromatic carbocycles. The minimum atomic E-state index is 0. The highest BCUT2D eigenvalue weighted by Crippen LogP contribution is 2.15. The molecule has 1 aliphatic rings. The van der Waals surface area contributed by atoms with Crippen LogP contribution in [0.3, 0.4) is 0 Å². The molecule has 4 nitrogen and oxygen atoms in total. The molecule has 0 amide bonds. The van der Waals surface area contributed by atoms with Gasteiger partial charge in [-0.25, -0.2) is 0 Å². The first-order chi connectivity index (χ1) is 9.24. The second-order valence-corrected chi connectivity index (χ2v) is 5.14. The number of piperidine rings is 1. The number of hydrogen-bond donors (Lipinski definition) is 2. The Morgan fingerprint density at radius 3 is 2.68 bits per heavy atom. The number of ether oxygens (including phenoxy) is 1. The van der Waals surface area contributed by atoms with E-state index >= 15 is 0 Å². The van der Waals surface area contributed by atoms with Gasteiger partial charge >= 0.3 is 0 Å². The smallest absolute Gasteiger partial charge is 0.0594 e. The maximum Gasteiger partial charge on any atom is 0.0594 e. The van der Waals surface area contributed by atoms with Crippen LogP contribution in [-0.4, -0.2) is 56.4 Å². The maximum absolute atomic E-state index is 5.79. The summed E-state index contributed by atoms with van der Waals surface area (Å²) < 4.78 is 5.63. The maximum atomic E-state index is 5.79. The predicted octanol–water partition coefficient (Wildman–Crippen LogP) is 2.33. The molecule has 0 spiro atoms. The number of hydrogen-bond acceptors (Lipinski definition) is 4. The van der Waals surface area contributed by atoms with E-state index in [9.17, 15) is 0 Å². The minimum absolute atomic E-state index is 0. The van der Waals surface area contributed by atoms with Gasteiger partial charge in [0.15, 0.2) is 0 Å². The molecule has 0 radical (unpaired) electrons. The highest BCUT2D eigenvalue weighted by molar-refractivity contribution is 4.77. The summed E-state index contributed by atoms with van der Waals surface area (Å²) in [6.45, 7) is 13.9. The quantitative estimate of drug-likeness (QED) is 0.669. The molecule has 0 aromatic rings. The van der Waals surface area contributed by atoms with E-state index in [1.807, 2.05) is 13.8 Å². The highest BCUT2D eigenvalue weighted by Gasteiger charge is 2.20. The summed E-state index contributed by atoms with van der Waals surface area (Å²) in [5, 5.41) is 3.35. The number of rotatable bonds is 8. The first kappa shape index (κ1) is 18.8. The summed E-state index contributed by atoms with van der Waals surface area (Å²) in [5.41, 5.74) is 5.79. The lowest BCUT2D eigenvalue weighted by Crippen LogP contribution is -2.45. The molecule has 1 atom stereocenters. The van der Waals surface area contributed by atoms with E-state index in [4.69, 9.17) is 10.5 Å². The number of nitrogens with one attached hydrogen (secondary N) is 1. The molecule has 0 saturated carbocycles. The van der Waals surface area contributed by atoms with Crippen molar-refractivity contribution in [2.75, 3.05) is 39.4 Å². The fourth-order valence-corrected chi connectivity index (χ4v) is 2.32. The average molecular weight is 277 g/mol. The Hall–Kier alpha value is -0.160. The third kappa shape index (κ3) is 9.38. The zero-order valence-electron chi connectivity index (χ0n) is 13.5. The zero-order chi connectivity index (χ0) is 14.5. The van der Waals surface area contributed by atoms with Crippen molar-refractivity contribution < 1.29 is 7.59 Å². The van der Waals surface area contributed by atoms with E-state index in [0.717, 1.165) is 32.8 Å². The Bertz CT molecular complexity index is 198. The van der Waals surface area contributed by atoms with Gasteiger partial charge in [0.25, 0.3) is 0 Å². The van der Waals surface area contributed by atoms with Crippen LogP contribution in [0.4, 0.5) is 0 Å². The third-order valence-electron chi connectivity index (χ3n) is 3.34. The molecule has 1 fully saturated rings. The zero-order valence-corrected chi connectivity index (χ0v) is 13.5. The van der Waals surface area contributed by atoms with Gasteiger partial charge in [-0.2, -0.15) is 0 Å². The van der Waals surface area contributed by atoms with E-state index in [2.05, 4.69) is 24.1 Å². The number of nitrogens with two attached hydrogens (primary N) is 1. The van der Waals surface area contributed by atoms with Crippen LogP contribution in [0, 0.1) is 0 Å². The van der Waals surface area contributed by atoms with Crippen LogP contribution in [0.15, 0.2) is 0 Å². The van der Waals surface area contributed by atoms with Crippen molar-refractivity contribution in [2.45, 2.75) is 59.0 Å². The van der Waals surface area contributed by atoms with Crippen molar-refractivity contribution in [3.63, 3.8) is 0 Å². The standard InChI is InChI=1S/C13H29N3O.C2H6.2H2/c1-12(2)15-6-9-17-10-8-16-7-4-3-5-13(16)11-14;1-2;;/h12-13,15H,3-11,14H2,1-2H3;1-2H3;2*1H. The van der Waals surface area contributed by atoms with Gasteiger partial charge in [0.1, 0.15) is 0 Å². The van der Waals surface area contributed by atoms with E-state index in [0.29, 0.717) is 12.1 Å².